The minimum Gasteiger partial charge on any atom is -0.422 e. The molecule has 1 aliphatic rings. The highest BCUT2D eigenvalue weighted by Gasteiger charge is 2.16. The van der Waals surface area contributed by atoms with Crippen LogP contribution in [-0.2, 0) is 0 Å². The van der Waals surface area contributed by atoms with Gasteiger partial charge >= 0.3 is 5.63 Å². The summed E-state index contributed by atoms with van der Waals surface area (Å²) >= 11 is 0. The van der Waals surface area contributed by atoms with Crippen LogP contribution in [0, 0.1) is 6.92 Å². The zero-order chi connectivity index (χ0) is 17.4. The molecule has 0 unspecified atom stereocenters. The van der Waals surface area contributed by atoms with E-state index in [2.05, 4.69) is 32.9 Å². The van der Waals surface area contributed by atoms with E-state index >= 15 is 0 Å². The van der Waals surface area contributed by atoms with E-state index < -0.39 is 0 Å². The molecule has 6 heteroatoms. The van der Waals surface area contributed by atoms with E-state index in [0.717, 1.165) is 37.3 Å². The number of hydrogen-bond acceptors (Lipinski definition) is 6. The Kier molecular flexibility index (Phi) is 3.97. The molecule has 0 aliphatic carbocycles. The molecule has 0 atom stereocenters. The van der Waals surface area contributed by atoms with E-state index in [1.165, 1.54) is 0 Å². The molecule has 1 saturated heterocycles. The minimum absolute atomic E-state index is 0.374. The Labute approximate surface area is 145 Å². The Morgan fingerprint density at radius 1 is 1.08 bits per heavy atom. The number of nitrogens with zero attached hydrogens (tertiary/aromatic N) is 4. The largest absolute Gasteiger partial charge is 0.422 e. The van der Waals surface area contributed by atoms with Gasteiger partial charge < -0.3 is 14.2 Å². The van der Waals surface area contributed by atoms with Crippen molar-refractivity contribution in [2.45, 2.75) is 6.92 Å². The first-order chi connectivity index (χ1) is 12.1. The van der Waals surface area contributed by atoms with Crippen molar-refractivity contribution in [2.24, 2.45) is 0 Å². The third-order valence-electron chi connectivity index (χ3n) is 4.64. The summed E-state index contributed by atoms with van der Waals surface area (Å²) in [6, 6.07) is 9.61. The molecule has 6 nitrogen and oxygen atoms in total. The number of piperazine rings is 1. The number of aromatic nitrogens is 2. The van der Waals surface area contributed by atoms with E-state index in [-0.39, 0.29) is 5.63 Å². The number of anilines is 1. The van der Waals surface area contributed by atoms with Gasteiger partial charge in [-0.25, -0.2) is 14.8 Å². The van der Waals surface area contributed by atoms with Crippen LogP contribution in [0.1, 0.15) is 5.82 Å². The molecule has 1 aromatic carbocycles. The van der Waals surface area contributed by atoms with Gasteiger partial charge in [0, 0.05) is 49.5 Å². The molecule has 0 spiro atoms. The van der Waals surface area contributed by atoms with Crippen LogP contribution in [0.2, 0.25) is 0 Å². The molecule has 25 heavy (non-hydrogen) atoms. The highest BCUT2D eigenvalue weighted by atomic mass is 16.4. The van der Waals surface area contributed by atoms with Crippen LogP contribution in [-0.4, -0.2) is 48.1 Å². The van der Waals surface area contributed by atoms with Crippen LogP contribution in [0.3, 0.4) is 0 Å². The summed E-state index contributed by atoms with van der Waals surface area (Å²) in [6.45, 7) is 5.82. The molecule has 0 saturated carbocycles. The zero-order valence-corrected chi connectivity index (χ0v) is 14.4. The molecule has 3 heterocycles. The molecular formula is C19H20N4O2. The lowest BCUT2D eigenvalue weighted by molar-refractivity contribution is 0.313. The average molecular weight is 336 g/mol. The lowest BCUT2D eigenvalue weighted by Gasteiger charge is -2.34. The topological polar surface area (TPSA) is 62.5 Å². The first kappa shape index (κ1) is 15.8. The van der Waals surface area contributed by atoms with Gasteiger partial charge in [-0.05, 0) is 38.2 Å². The molecule has 128 valence electrons. The van der Waals surface area contributed by atoms with Crippen molar-refractivity contribution >= 4 is 16.7 Å². The zero-order valence-electron chi connectivity index (χ0n) is 14.4. The summed E-state index contributed by atoms with van der Waals surface area (Å²) < 4.78 is 5.59. The predicted molar refractivity (Wildman–Crippen MR) is 98.0 cm³/mol. The van der Waals surface area contributed by atoms with E-state index in [9.17, 15) is 4.79 Å². The van der Waals surface area contributed by atoms with Crippen molar-refractivity contribution < 1.29 is 4.42 Å². The number of fused-ring (bicyclic) bond motifs is 1. The number of hydrogen-bond donors (Lipinski definition) is 0. The van der Waals surface area contributed by atoms with Crippen LogP contribution in [0.4, 0.5) is 5.69 Å². The summed E-state index contributed by atoms with van der Waals surface area (Å²) in [7, 11) is 2.13. The van der Waals surface area contributed by atoms with Crippen molar-refractivity contribution in [3.63, 3.8) is 0 Å². The van der Waals surface area contributed by atoms with Crippen LogP contribution in [0.25, 0.3) is 22.2 Å². The fraction of sp³-hybridized carbons (Fsp3) is 0.316. The Morgan fingerprint density at radius 2 is 1.88 bits per heavy atom. The minimum atomic E-state index is -0.374. The molecular weight excluding hydrogens is 316 g/mol. The summed E-state index contributed by atoms with van der Waals surface area (Å²) in [5, 5.41) is 0.892. The normalized spacial score (nSPS) is 15.7. The summed E-state index contributed by atoms with van der Waals surface area (Å²) in [5.74, 6) is 0.627. The lowest BCUT2D eigenvalue weighted by Crippen LogP contribution is -2.44. The highest BCUT2D eigenvalue weighted by Crippen LogP contribution is 2.25. The van der Waals surface area contributed by atoms with Gasteiger partial charge in [0.15, 0.2) is 0 Å². The van der Waals surface area contributed by atoms with E-state index in [4.69, 9.17) is 4.42 Å². The Bertz CT molecular complexity index is 975. The first-order valence-electron chi connectivity index (χ1n) is 8.41. The maximum atomic E-state index is 12.4. The molecule has 1 aliphatic heterocycles. The maximum Gasteiger partial charge on any atom is 0.345 e. The van der Waals surface area contributed by atoms with Crippen LogP contribution in [0.5, 0.6) is 0 Å². The standard InChI is InChI=1S/C19H20N4O2/c1-13-20-6-5-17(21-13)16-11-14-3-4-15(12-18(14)25-19(16)24)23-9-7-22(2)8-10-23/h3-6,11-12H,7-10H2,1-2H3. The van der Waals surface area contributed by atoms with Crippen LogP contribution in [0.15, 0.2) is 45.7 Å². The first-order valence-corrected chi connectivity index (χ1v) is 8.41. The van der Waals surface area contributed by atoms with Crippen molar-refractivity contribution in [1.29, 1.82) is 0 Å². The highest BCUT2D eigenvalue weighted by molar-refractivity contribution is 5.84. The fourth-order valence-electron chi connectivity index (χ4n) is 3.15. The third-order valence-corrected chi connectivity index (χ3v) is 4.64. The van der Waals surface area contributed by atoms with Crippen molar-refractivity contribution in [1.82, 2.24) is 14.9 Å². The lowest BCUT2D eigenvalue weighted by atomic mass is 10.1. The van der Waals surface area contributed by atoms with E-state index in [1.54, 1.807) is 19.2 Å². The molecule has 4 rings (SSSR count). The third kappa shape index (κ3) is 3.13. The van der Waals surface area contributed by atoms with Crippen LogP contribution < -0.4 is 10.5 Å². The second-order valence-corrected chi connectivity index (χ2v) is 6.45. The van der Waals surface area contributed by atoms with Gasteiger partial charge in [0.05, 0.1) is 11.3 Å². The van der Waals surface area contributed by atoms with Gasteiger partial charge in [0.1, 0.15) is 11.4 Å². The van der Waals surface area contributed by atoms with Crippen molar-refractivity contribution in [3.05, 3.63) is 52.8 Å². The van der Waals surface area contributed by atoms with Gasteiger partial charge in [-0.3, -0.25) is 0 Å². The van der Waals surface area contributed by atoms with Gasteiger partial charge in [-0.2, -0.15) is 0 Å². The number of rotatable bonds is 2. The molecule has 0 radical (unpaired) electrons. The Hall–Kier alpha value is -2.73. The Morgan fingerprint density at radius 3 is 2.64 bits per heavy atom. The smallest absolute Gasteiger partial charge is 0.345 e. The average Bonchev–Trinajstić information content (AvgIpc) is 2.61. The molecule has 1 fully saturated rings. The Balaban J connectivity index is 1.73. The molecule has 0 N–H and O–H groups in total. The number of benzene rings is 1. The summed E-state index contributed by atoms with van der Waals surface area (Å²) in [5.41, 5.74) is 2.38. The molecule has 0 bridgehead atoms. The van der Waals surface area contributed by atoms with E-state index in [0.29, 0.717) is 22.7 Å². The number of aryl methyl sites for hydroxylation is 1. The van der Waals surface area contributed by atoms with Gasteiger partial charge in [-0.1, -0.05) is 0 Å². The van der Waals surface area contributed by atoms with Gasteiger partial charge in [-0.15, -0.1) is 0 Å². The maximum absolute atomic E-state index is 12.4. The van der Waals surface area contributed by atoms with Gasteiger partial charge in [0.25, 0.3) is 0 Å². The quantitative estimate of drug-likeness (QED) is 0.669. The second kappa shape index (κ2) is 6.29. The molecule has 0 amide bonds. The molecule has 3 aromatic rings. The van der Waals surface area contributed by atoms with Gasteiger partial charge in [0.2, 0.25) is 0 Å². The second-order valence-electron chi connectivity index (χ2n) is 6.45. The fourth-order valence-corrected chi connectivity index (χ4v) is 3.15. The van der Waals surface area contributed by atoms with E-state index in [1.807, 2.05) is 18.2 Å². The monoisotopic (exact) mass is 336 g/mol. The summed E-state index contributed by atoms with van der Waals surface area (Å²) in [4.78, 5) is 25.5. The van der Waals surface area contributed by atoms with Crippen molar-refractivity contribution in [2.75, 3.05) is 38.1 Å². The number of likely N-dealkylation sites (N-methyl/N-ethyl adjacent to an activating group) is 1. The molecule has 2 aromatic heterocycles. The predicted octanol–water partition coefficient (Wildman–Crippen LogP) is 2.31. The summed E-state index contributed by atoms with van der Waals surface area (Å²) in [6.07, 6.45) is 1.65. The SMILES string of the molecule is Cc1nccc(-c2cc3ccc(N4CCN(C)CC4)cc3oc2=O)n1. The van der Waals surface area contributed by atoms with Crippen LogP contribution >= 0.6 is 0 Å². The van der Waals surface area contributed by atoms with Crippen molar-refractivity contribution in [3.8, 4) is 11.3 Å².